The number of hydrogen-bond donors (Lipinski definition) is 1. The zero-order chi connectivity index (χ0) is 15.1. The van der Waals surface area contributed by atoms with Crippen molar-refractivity contribution in [2.45, 2.75) is 40.3 Å². The Bertz CT molecular complexity index is 483. The molecule has 0 heterocycles. The first-order valence-corrected chi connectivity index (χ1v) is 7.15. The normalized spacial score (nSPS) is 11.1. The number of halogens is 1. The molecule has 0 fully saturated rings. The summed E-state index contributed by atoms with van der Waals surface area (Å²) in [6.07, 6.45) is 0. The highest BCUT2D eigenvalue weighted by Gasteiger charge is 2.12. The smallest absolute Gasteiger partial charge is 0.138 e. The van der Waals surface area contributed by atoms with Gasteiger partial charge < -0.3 is 5.73 Å². The van der Waals surface area contributed by atoms with Crippen LogP contribution in [0.15, 0.2) is 18.2 Å². The fourth-order valence-electron chi connectivity index (χ4n) is 2.07. The van der Waals surface area contributed by atoms with Gasteiger partial charge >= 0.3 is 0 Å². The van der Waals surface area contributed by atoms with Crippen molar-refractivity contribution < 1.29 is 4.39 Å². The molecule has 110 valence electrons. The molecule has 0 unspecified atom stereocenters. The molecule has 0 bridgehead atoms. The largest absolute Gasteiger partial charge is 0.320 e. The van der Waals surface area contributed by atoms with Crippen molar-refractivity contribution in [1.29, 1.82) is 0 Å². The summed E-state index contributed by atoms with van der Waals surface area (Å²) in [5, 5.41) is 0. The number of nitrogens with two attached hydrogens (primary N) is 1. The molecule has 0 aliphatic rings. The molecular weight excluding hydrogens is 251 g/mol. The lowest BCUT2D eigenvalue weighted by atomic mass is 10.1. The summed E-state index contributed by atoms with van der Waals surface area (Å²) in [5.74, 6) is 5.82. The molecule has 1 aromatic rings. The molecular formula is C17H25FN2. The summed E-state index contributed by atoms with van der Waals surface area (Å²) in [6.45, 7) is 10.9. The van der Waals surface area contributed by atoms with Crippen molar-refractivity contribution in [3.05, 3.63) is 35.1 Å². The van der Waals surface area contributed by atoms with Gasteiger partial charge in [0.1, 0.15) is 5.82 Å². The summed E-state index contributed by atoms with van der Waals surface area (Å²) in [4.78, 5) is 2.39. The van der Waals surface area contributed by atoms with Crippen molar-refractivity contribution in [3.8, 4) is 11.8 Å². The maximum atomic E-state index is 13.6. The summed E-state index contributed by atoms with van der Waals surface area (Å²) in [6, 6.07) is 5.61. The maximum absolute atomic E-state index is 13.6. The minimum absolute atomic E-state index is 0.245. The van der Waals surface area contributed by atoms with Crippen LogP contribution in [-0.2, 0) is 6.54 Å². The molecule has 0 saturated carbocycles. The Hall–Kier alpha value is -1.37. The van der Waals surface area contributed by atoms with Crippen LogP contribution in [0.2, 0.25) is 0 Å². The maximum Gasteiger partial charge on any atom is 0.138 e. The molecule has 20 heavy (non-hydrogen) atoms. The minimum Gasteiger partial charge on any atom is -0.320 e. The number of nitrogens with zero attached hydrogens (tertiary/aromatic N) is 1. The van der Waals surface area contributed by atoms with E-state index in [-0.39, 0.29) is 12.4 Å². The van der Waals surface area contributed by atoms with E-state index < -0.39 is 0 Å². The second-order valence-electron chi connectivity index (χ2n) is 5.74. The van der Waals surface area contributed by atoms with Crippen molar-refractivity contribution >= 4 is 0 Å². The Morgan fingerprint density at radius 3 is 2.50 bits per heavy atom. The molecule has 0 saturated heterocycles. The van der Waals surface area contributed by atoms with Crippen LogP contribution in [0.25, 0.3) is 0 Å². The molecule has 0 radical (unpaired) electrons. The van der Waals surface area contributed by atoms with E-state index in [1.807, 2.05) is 12.1 Å². The SMILES string of the molecule is CC(C)CN(Cc1ccc(F)c(C#CCN)c1)C(C)C. The average molecular weight is 276 g/mol. The third-order valence-corrected chi connectivity index (χ3v) is 3.07. The van der Waals surface area contributed by atoms with E-state index in [4.69, 9.17) is 5.73 Å². The van der Waals surface area contributed by atoms with Crippen LogP contribution in [0, 0.1) is 23.6 Å². The first-order chi connectivity index (χ1) is 9.43. The monoisotopic (exact) mass is 276 g/mol. The zero-order valence-corrected chi connectivity index (χ0v) is 12.9. The molecule has 0 atom stereocenters. The van der Waals surface area contributed by atoms with Crippen molar-refractivity contribution in [2.75, 3.05) is 13.1 Å². The van der Waals surface area contributed by atoms with Crippen LogP contribution < -0.4 is 5.73 Å². The Morgan fingerprint density at radius 2 is 1.95 bits per heavy atom. The summed E-state index contributed by atoms with van der Waals surface area (Å²) < 4.78 is 13.6. The predicted molar refractivity (Wildman–Crippen MR) is 82.7 cm³/mol. The fourth-order valence-corrected chi connectivity index (χ4v) is 2.07. The van der Waals surface area contributed by atoms with E-state index in [0.29, 0.717) is 17.5 Å². The Balaban J connectivity index is 2.90. The van der Waals surface area contributed by atoms with Gasteiger partial charge in [0.25, 0.3) is 0 Å². The van der Waals surface area contributed by atoms with Gasteiger partial charge in [-0.2, -0.15) is 0 Å². The van der Waals surface area contributed by atoms with Crippen LogP contribution in [0.1, 0.15) is 38.8 Å². The van der Waals surface area contributed by atoms with Crippen molar-refractivity contribution in [3.63, 3.8) is 0 Å². The lowest BCUT2D eigenvalue weighted by Gasteiger charge is -2.28. The van der Waals surface area contributed by atoms with Gasteiger partial charge in [0.05, 0.1) is 12.1 Å². The first-order valence-electron chi connectivity index (χ1n) is 7.15. The molecule has 2 N–H and O–H groups in total. The van der Waals surface area contributed by atoms with E-state index in [1.165, 1.54) is 6.07 Å². The molecule has 0 amide bonds. The number of rotatable bonds is 5. The molecule has 1 rings (SSSR count). The van der Waals surface area contributed by atoms with Crippen LogP contribution in [0.3, 0.4) is 0 Å². The topological polar surface area (TPSA) is 29.3 Å². The summed E-state index contributed by atoms with van der Waals surface area (Å²) >= 11 is 0. The van der Waals surface area contributed by atoms with Crippen molar-refractivity contribution in [2.24, 2.45) is 11.7 Å². The van der Waals surface area contributed by atoms with Crippen LogP contribution >= 0.6 is 0 Å². The molecule has 1 aromatic carbocycles. The minimum atomic E-state index is -0.283. The molecule has 3 heteroatoms. The number of benzene rings is 1. The highest BCUT2D eigenvalue weighted by Crippen LogP contribution is 2.14. The second kappa shape index (κ2) is 8.04. The molecule has 2 nitrogen and oxygen atoms in total. The van der Waals surface area contributed by atoms with E-state index >= 15 is 0 Å². The predicted octanol–water partition coefficient (Wildman–Crippen LogP) is 3.00. The third-order valence-electron chi connectivity index (χ3n) is 3.07. The highest BCUT2D eigenvalue weighted by atomic mass is 19.1. The molecule has 0 aliphatic carbocycles. The Morgan fingerprint density at radius 1 is 1.25 bits per heavy atom. The van der Waals surface area contributed by atoms with Gasteiger partial charge in [-0.15, -0.1) is 0 Å². The fraction of sp³-hybridized carbons (Fsp3) is 0.529. The second-order valence-corrected chi connectivity index (χ2v) is 5.74. The van der Waals surface area contributed by atoms with Gasteiger partial charge in [-0.1, -0.05) is 31.8 Å². The highest BCUT2D eigenvalue weighted by molar-refractivity contribution is 5.38. The van der Waals surface area contributed by atoms with Gasteiger partial charge in [-0.3, -0.25) is 4.90 Å². The van der Waals surface area contributed by atoms with Gasteiger partial charge in [0.2, 0.25) is 0 Å². The lowest BCUT2D eigenvalue weighted by molar-refractivity contribution is 0.189. The van der Waals surface area contributed by atoms with Crippen LogP contribution in [0.4, 0.5) is 4.39 Å². The first kappa shape index (κ1) is 16.7. The van der Waals surface area contributed by atoms with Crippen LogP contribution in [-0.4, -0.2) is 24.0 Å². The van der Waals surface area contributed by atoms with E-state index in [0.717, 1.165) is 18.7 Å². The number of hydrogen-bond acceptors (Lipinski definition) is 2. The lowest BCUT2D eigenvalue weighted by Crippen LogP contribution is -2.33. The third kappa shape index (κ3) is 5.32. The molecule has 0 aromatic heterocycles. The van der Waals surface area contributed by atoms with E-state index in [9.17, 15) is 4.39 Å². The molecule has 0 spiro atoms. The van der Waals surface area contributed by atoms with Gasteiger partial charge in [-0.05, 0) is 37.5 Å². The van der Waals surface area contributed by atoms with Gasteiger partial charge in [0, 0.05) is 19.1 Å². The van der Waals surface area contributed by atoms with Crippen molar-refractivity contribution in [1.82, 2.24) is 4.90 Å². The Labute approximate surface area is 122 Å². The molecule has 0 aliphatic heterocycles. The summed E-state index contributed by atoms with van der Waals surface area (Å²) in [5.41, 5.74) is 6.85. The quantitative estimate of drug-likeness (QED) is 0.838. The average Bonchev–Trinajstić information content (AvgIpc) is 2.37. The Kier molecular flexibility index (Phi) is 6.70. The van der Waals surface area contributed by atoms with E-state index in [1.54, 1.807) is 0 Å². The zero-order valence-electron chi connectivity index (χ0n) is 12.9. The van der Waals surface area contributed by atoms with Gasteiger partial charge in [-0.25, -0.2) is 4.39 Å². The van der Waals surface area contributed by atoms with Crippen LogP contribution in [0.5, 0.6) is 0 Å². The summed E-state index contributed by atoms with van der Waals surface area (Å²) in [7, 11) is 0. The van der Waals surface area contributed by atoms with E-state index in [2.05, 4.69) is 44.4 Å². The standard InChI is InChI=1S/C17H25FN2/c1-13(2)11-20(14(3)4)12-15-7-8-17(18)16(10-15)6-5-9-19/h7-8,10,13-14H,9,11-12,19H2,1-4H3. The van der Waals surface area contributed by atoms with Gasteiger partial charge in [0.15, 0.2) is 0 Å².